The molecule has 0 bridgehead atoms. The third-order valence-electron chi connectivity index (χ3n) is 3.63. The molecule has 0 aliphatic rings. The fraction of sp³-hybridized carbons (Fsp3) is 0.533. The zero-order chi connectivity index (χ0) is 13.8. The molecule has 2 N–H and O–H groups in total. The number of hydrogen-bond acceptors (Lipinski definition) is 2. The highest BCUT2D eigenvalue weighted by molar-refractivity contribution is 5.87. The average Bonchev–Trinajstić information content (AvgIpc) is 2.40. The van der Waals surface area contributed by atoms with Crippen LogP contribution in [0, 0.1) is 0 Å². The van der Waals surface area contributed by atoms with Crippen LogP contribution in [0.2, 0.25) is 0 Å². The molecule has 0 heterocycles. The molecule has 100 valence electrons. The van der Waals surface area contributed by atoms with Gasteiger partial charge in [0.2, 0.25) is 5.91 Å². The molecule has 3 heteroatoms. The summed E-state index contributed by atoms with van der Waals surface area (Å²) in [6.07, 6.45) is 1.90. The molecule has 1 amide bonds. The van der Waals surface area contributed by atoms with Gasteiger partial charge < -0.3 is 10.6 Å². The number of nitrogens with zero attached hydrogens (tertiary/aromatic N) is 1. The summed E-state index contributed by atoms with van der Waals surface area (Å²) in [7, 11) is 1.84. The Bertz CT molecular complexity index is 383. The lowest BCUT2D eigenvalue weighted by Gasteiger charge is -2.34. The Kier molecular flexibility index (Phi) is 4.91. The van der Waals surface area contributed by atoms with Gasteiger partial charge in [0, 0.05) is 13.1 Å². The van der Waals surface area contributed by atoms with Crippen molar-refractivity contribution in [2.75, 3.05) is 7.05 Å². The smallest absolute Gasteiger partial charge is 0.246 e. The third-order valence-corrected chi connectivity index (χ3v) is 3.63. The predicted octanol–water partition coefficient (Wildman–Crippen LogP) is 2.51. The van der Waals surface area contributed by atoms with Crippen LogP contribution in [0.4, 0.5) is 0 Å². The van der Waals surface area contributed by atoms with Crippen molar-refractivity contribution in [3.05, 3.63) is 35.9 Å². The zero-order valence-electron chi connectivity index (χ0n) is 11.8. The highest BCUT2D eigenvalue weighted by atomic mass is 16.2. The van der Waals surface area contributed by atoms with Gasteiger partial charge in [-0.25, -0.2) is 0 Å². The maximum absolute atomic E-state index is 12.5. The number of hydrogen-bond donors (Lipinski definition) is 1. The summed E-state index contributed by atoms with van der Waals surface area (Å²) >= 11 is 0. The zero-order valence-corrected chi connectivity index (χ0v) is 11.8. The Morgan fingerprint density at radius 2 is 1.78 bits per heavy atom. The molecule has 0 aromatic heterocycles. The predicted molar refractivity (Wildman–Crippen MR) is 75.1 cm³/mol. The van der Waals surface area contributed by atoms with Gasteiger partial charge >= 0.3 is 0 Å². The first-order valence-corrected chi connectivity index (χ1v) is 6.56. The summed E-state index contributed by atoms with van der Waals surface area (Å²) in [6, 6.07) is 9.80. The Hall–Kier alpha value is -1.35. The molecule has 1 aromatic carbocycles. The van der Waals surface area contributed by atoms with Gasteiger partial charge in [0.05, 0.1) is 0 Å². The molecule has 18 heavy (non-hydrogen) atoms. The lowest BCUT2D eigenvalue weighted by Crippen LogP contribution is -2.52. The number of nitrogens with two attached hydrogens (primary N) is 1. The van der Waals surface area contributed by atoms with Gasteiger partial charge in [-0.1, -0.05) is 44.2 Å². The number of carbonyl (C=O) groups is 1. The molecule has 0 saturated carbocycles. The van der Waals surface area contributed by atoms with Crippen molar-refractivity contribution in [1.29, 1.82) is 0 Å². The fourth-order valence-corrected chi connectivity index (χ4v) is 2.28. The van der Waals surface area contributed by atoms with Gasteiger partial charge in [-0.3, -0.25) is 4.79 Å². The van der Waals surface area contributed by atoms with Gasteiger partial charge in [0.15, 0.2) is 0 Å². The standard InChI is InChI=1S/C15H24N2O/c1-5-13(6-2)17(4)14(18)15(3,16)12-10-8-7-9-11-12/h7-11,13H,5-6,16H2,1-4H3. The maximum Gasteiger partial charge on any atom is 0.246 e. The van der Waals surface area contributed by atoms with Crippen LogP contribution in [0.15, 0.2) is 30.3 Å². The lowest BCUT2D eigenvalue weighted by molar-refractivity contribution is -0.137. The van der Waals surface area contributed by atoms with E-state index in [-0.39, 0.29) is 11.9 Å². The SMILES string of the molecule is CCC(CC)N(C)C(=O)C(C)(N)c1ccccc1. The number of carbonyl (C=O) groups excluding carboxylic acids is 1. The molecular weight excluding hydrogens is 224 g/mol. The minimum Gasteiger partial charge on any atom is -0.341 e. The third kappa shape index (κ3) is 2.91. The monoisotopic (exact) mass is 248 g/mol. The van der Waals surface area contributed by atoms with Crippen molar-refractivity contribution in [3.63, 3.8) is 0 Å². The highest BCUT2D eigenvalue weighted by Gasteiger charge is 2.34. The fourth-order valence-electron chi connectivity index (χ4n) is 2.28. The molecule has 1 aromatic rings. The van der Waals surface area contributed by atoms with E-state index in [9.17, 15) is 4.79 Å². The maximum atomic E-state index is 12.5. The van der Waals surface area contributed by atoms with E-state index in [0.29, 0.717) is 0 Å². The van der Waals surface area contributed by atoms with E-state index in [2.05, 4.69) is 13.8 Å². The second-order valence-electron chi connectivity index (χ2n) is 4.95. The van der Waals surface area contributed by atoms with E-state index in [0.717, 1.165) is 18.4 Å². The second-order valence-corrected chi connectivity index (χ2v) is 4.95. The molecule has 0 aliphatic heterocycles. The van der Waals surface area contributed by atoms with Gasteiger partial charge in [0.1, 0.15) is 5.54 Å². The summed E-state index contributed by atoms with van der Waals surface area (Å²) in [5, 5.41) is 0. The van der Waals surface area contributed by atoms with Crippen molar-refractivity contribution in [2.45, 2.75) is 45.2 Å². The highest BCUT2D eigenvalue weighted by Crippen LogP contribution is 2.21. The molecular formula is C15H24N2O. The topological polar surface area (TPSA) is 46.3 Å². The minimum atomic E-state index is -0.960. The molecule has 0 radical (unpaired) electrons. The molecule has 1 atom stereocenters. The van der Waals surface area contributed by atoms with Crippen LogP contribution in [0.25, 0.3) is 0 Å². The number of amides is 1. The van der Waals surface area contributed by atoms with Crippen molar-refractivity contribution in [2.24, 2.45) is 5.73 Å². The number of likely N-dealkylation sites (N-methyl/N-ethyl adjacent to an activating group) is 1. The van der Waals surface area contributed by atoms with Crippen LogP contribution < -0.4 is 5.73 Å². The summed E-state index contributed by atoms with van der Waals surface area (Å²) in [4.78, 5) is 14.3. The molecule has 0 fully saturated rings. The summed E-state index contributed by atoms with van der Waals surface area (Å²) in [6.45, 7) is 5.96. The van der Waals surface area contributed by atoms with E-state index in [1.165, 1.54) is 0 Å². The molecule has 1 unspecified atom stereocenters. The van der Waals surface area contributed by atoms with Crippen molar-refractivity contribution < 1.29 is 4.79 Å². The van der Waals surface area contributed by atoms with E-state index in [4.69, 9.17) is 5.73 Å². The number of rotatable bonds is 5. The normalized spacial score (nSPS) is 14.3. The van der Waals surface area contributed by atoms with Crippen LogP contribution in [0.3, 0.4) is 0 Å². The molecule has 0 saturated heterocycles. The molecule has 3 nitrogen and oxygen atoms in total. The van der Waals surface area contributed by atoms with Crippen LogP contribution in [-0.4, -0.2) is 23.9 Å². The first-order chi connectivity index (χ1) is 8.45. The molecule has 0 spiro atoms. The number of benzene rings is 1. The van der Waals surface area contributed by atoms with E-state index in [1.54, 1.807) is 11.8 Å². The van der Waals surface area contributed by atoms with E-state index in [1.807, 2.05) is 37.4 Å². The summed E-state index contributed by atoms with van der Waals surface area (Å²) in [5.41, 5.74) is 6.13. The first-order valence-electron chi connectivity index (χ1n) is 6.56. The Labute approximate surface area is 110 Å². The lowest BCUT2D eigenvalue weighted by atomic mass is 9.91. The van der Waals surface area contributed by atoms with Gasteiger partial charge in [-0.15, -0.1) is 0 Å². The van der Waals surface area contributed by atoms with Crippen molar-refractivity contribution in [3.8, 4) is 0 Å². The van der Waals surface area contributed by atoms with Crippen LogP contribution in [-0.2, 0) is 10.3 Å². The Balaban J connectivity index is 2.95. The van der Waals surface area contributed by atoms with Crippen LogP contribution >= 0.6 is 0 Å². The van der Waals surface area contributed by atoms with Crippen molar-refractivity contribution in [1.82, 2.24) is 4.90 Å². The first kappa shape index (κ1) is 14.7. The van der Waals surface area contributed by atoms with Crippen LogP contribution in [0.5, 0.6) is 0 Å². The quantitative estimate of drug-likeness (QED) is 0.870. The summed E-state index contributed by atoms with van der Waals surface area (Å²) in [5.74, 6) is -0.0256. The van der Waals surface area contributed by atoms with E-state index < -0.39 is 5.54 Å². The summed E-state index contributed by atoms with van der Waals surface area (Å²) < 4.78 is 0. The van der Waals surface area contributed by atoms with E-state index >= 15 is 0 Å². The minimum absolute atomic E-state index is 0.0256. The largest absolute Gasteiger partial charge is 0.341 e. The Morgan fingerprint density at radius 1 is 1.28 bits per heavy atom. The van der Waals surface area contributed by atoms with Gasteiger partial charge in [0.25, 0.3) is 0 Å². The second kappa shape index (κ2) is 6.01. The van der Waals surface area contributed by atoms with Gasteiger partial charge in [-0.2, -0.15) is 0 Å². The molecule has 0 aliphatic carbocycles. The van der Waals surface area contributed by atoms with Crippen LogP contribution in [0.1, 0.15) is 39.2 Å². The van der Waals surface area contributed by atoms with Gasteiger partial charge in [-0.05, 0) is 25.3 Å². The van der Waals surface area contributed by atoms with Crippen molar-refractivity contribution >= 4 is 5.91 Å². The average molecular weight is 248 g/mol. The molecule has 1 rings (SSSR count). The Morgan fingerprint density at radius 3 is 2.22 bits per heavy atom.